The first-order valence-electron chi connectivity index (χ1n) is 3.01. The first kappa shape index (κ1) is 9.01. The summed E-state index contributed by atoms with van der Waals surface area (Å²) in [4.78, 5) is 20.1. The molecule has 0 aliphatic heterocycles. The summed E-state index contributed by atoms with van der Waals surface area (Å²) in [5.41, 5.74) is 0. The van der Waals surface area contributed by atoms with Gasteiger partial charge in [-0.15, -0.1) is 6.92 Å². The molecule has 3 heteroatoms. The molecular weight excluding hydrogens is 132 g/mol. The van der Waals surface area contributed by atoms with Gasteiger partial charge in [-0.3, -0.25) is 4.79 Å². The highest BCUT2D eigenvalue weighted by Gasteiger charge is 2.01. The van der Waals surface area contributed by atoms with Crippen molar-refractivity contribution in [2.24, 2.45) is 0 Å². The zero-order valence-electron chi connectivity index (χ0n) is 5.71. The summed E-state index contributed by atoms with van der Waals surface area (Å²) < 4.78 is 4.36. The first-order valence-corrected chi connectivity index (χ1v) is 3.01. The average Bonchev–Trinajstić information content (AvgIpc) is 1.98. The van der Waals surface area contributed by atoms with Gasteiger partial charge in [0.1, 0.15) is 0 Å². The maximum Gasteiger partial charge on any atom is 0.293 e. The average molecular weight is 142 g/mol. The Morgan fingerprint density at radius 3 is 2.90 bits per heavy atom. The van der Waals surface area contributed by atoms with Crippen molar-refractivity contribution in [1.29, 1.82) is 0 Å². The van der Waals surface area contributed by atoms with Gasteiger partial charge in [0.15, 0.2) is 0 Å². The summed E-state index contributed by atoms with van der Waals surface area (Å²) in [6, 6.07) is 0. The number of hydrogen-bond acceptors (Lipinski definition) is 3. The van der Waals surface area contributed by atoms with Crippen molar-refractivity contribution in [3.05, 3.63) is 13.3 Å². The number of ether oxygens (including phenoxy) is 1. The van der Waals surface area contributed by atoms with Crippen LogP contribution in [-0.4, -0.2) is 18.9 Å². The van der Waals surface area contributed by atoms with Crippen molar-refractivity contribution < 1.29 is 14.3 Å². The van der Waals surface area contributed by atoms with E-state index >= 15 is 0 Å². The van der Waals surface area contributed by atoms with Crippen LogP contribution in [0, 0.1) is 13.3 Å². The quantitative estimate of drug-likeness (QED) is 0.309. The lowest BCUT2D eigenvalue weighted by Gasteiger charge is -1.93. The molecule has 0 unspecified atom stereocenters. The van der Waals surface area contributed by atoms with E-state index in [0.29, 0.717) is 25.9 Å². The van der Waals surface area contributed by atoms with Crippen molar-refractivity contribution in [2.75, 3.05) is 6.61 Å². The van der Waals surface area contributed by atoms with Crippen molar-refractivity contribution in [1.82, 2.24) is 0 Å². The second kappa shape index (κ2) is 6.13. The maximum absolute atomic E-state index is 10.5. The Balaban J connectivity index is 3.03. The molecule has 0 saturated heterocycles. The van der Waals surface area contributed by atoms with Gasteiger partial charge in [0.25, 0.3) is 12.3 Å². The van der Waals surface area contributed by atoms with E-state index in [0.717, 1.165) is 0 Å². The van der Waals surface area contributed by atoms with Gasteiger partial charge in [0, 0.05) is 0 Å². The van der Waals surface area contributed by atoms with E-state index in [-0.39, 0.29) is 5.78 Å². The summed E-state index contributed by atoms with van der Waals surface area (Å²) in [6.07, 6.45) is 2.24. The summed E-state index contributed by atoms with van der Waals surface area (Å²) in [6.45, 7) is 3.98. The molecule has 0 fully saturated rings. The molecule has 0 N–H and O–H groups in total. The molecule has 0 aromatic rings. The molecule has 0 rings (SSSR count). The van der Waals surface area contributed by atoms with Gasteiger partial charge < -0.3 is 4.74 Å². The normalized spacial score (nSPS) is 8.50. The summed E-state index contributed by atoms with van der Waals surface area (Å²) >= 11 is 0. The molecule has 0 aromatic heterocycles. The molecule has 56 valence electrons. The van der Waals surface area contributed by atoms with Gasteiger partial charge in [0.2, 0.25) is 0 Å². The van der Waals surface area contributed by atoms with E-state index < -0.39 is 0 Å². The molecule has 10 heavy (non-hydrogen) atoms. The molecular formula is C7H10O3. The minimum absolute atomic E-state index is 0.0190. The number of Topliss-reactive ketones (excluding diaryl/α,β-unsaturated/α-hetero) is 1. The summed E-state index contributed by atoms with van der Waals surface area (Å²) in [5, 5.41) is 0. The third-order valence-electron chi connectivity index (χ3n) is 0.981. The van der Waals surface area contributed by atoms with Crippen LogP contribution in [0.5, 0.6) is 0 Å². The molecule has 0 bridgehead atoms. The SMILES string of the molecule is [CH2-][CH+]C(=O)CCCOC=O. The van der Waals surface area contributed by atoms with Crippen LogP contribution in [0.2, 0.25) is 0 Å². The number of carbonyl (C=O) groups is 2. The van der Waals surface area contributed by atoms with Crippen molar-refractivity contribution in [3.63, 3.8) is 0 Å². The fraction of sp³-hybridized carbons (Fsp3) is 0.429. The molecule has 0 radical (unpaired) electrons. The van der Waals surface area contributed by atoms with Gasteiger partial charge in [-0.05, 0) is 12.8 Å². The Hall–Kier alpha value is -0.990. The summed E-state index contributed by atoms with van der Waals surface area (Å²) in [5.74, 6) is -0.0190. The Bertz CT molecular complexity index is 109. The van der Waals surface area contributed by atoms with E-state index in [1.807, 2.05) is 0 Å². The van der Waals surface area contributed by atoms with Crippen LogP contribution >= 0.6 is 0 Å². The van der Waals surface area contributed by atoms with Gasteiger partial charge in [-0.2, -0.15) is 0 Å². The lowest BCUT2D eigenvalue weighted by Crippen LogP contribution is -1.99. The number of ketones is 1. The number of hydrogen-bond donors (Lipinski definition) is 0. The Labute approximate surface area is 60.4 Å². The van der Waals surface area contributed by atoms with Gasteiger partial charge in [0.05, 0.1) is 13.0 Å². The van der Waals surface area contributed by atoms with Crippen LogP contribution in [0.4, 0.5) is 0 Å². The third kappa shape index (κ3) is 5.15. The fourth-order valence-electron chi connectivity index (χ4n) is 0.480. The topological polar surface area (TPSA) is 43.4 Å². The molecule has 0 amide bonds. The minimum Gasteiger partial charge on any atom is -0.468 e. The lowest BCUT2D eigenvalue weighted by atomic mass is 10.2. The van der Waals surface area contributed by atoms with E-state index in [1.165, 1.54) is 6.42 Å². The van der Waals surface area contributed by atoms with Gasteiger partial charge in [-0.25, -0.2) is 4.79 Å². The molecule has 0 aliphatic carbocycles. The van der Waals surface area contributed by atoms with E-state index in [4.69, 9.17) is 0 Å². The number of rotatable bonds is 6. The highest BCUT2D eigenvalue weighted by atomic mass is 16.5. The molecule has 0 heterocycles. The van der Waals surface area contributed by atoms with Crippen LogP contribution in [0.3, 0.4) is 0 Å². The van der Waals surface area contributed by atoms with Gasteiger partial charge in [-0.1, -0.05) is 0 Å². The van der Waals surface area contributed by atoms with Crippen molar-refractivity contribution in [3.8, 4) is 0 Å². The van der Waals surface area contributed by atoms with E-state index in [1.54, 1.807) is 0 Å². The molecule has 0 aromatic carbocycles. The van der Waals surface area contributed by atoms with Crippen LogP contribution < -0.4 is 0 Å². The van der Waals surface area contributed by atoms with Gasteiger partial charge >= 0.3 is 0 Å². The predicted octanol–water partition coefficient (Wildman–Crippen LogP) is 0.547. The Morgan fingerprint density at radius 1 is 1.70 bits per heavy atom. The lowest BCUT2D eigenvalue weighted by molar-refractivity contribution is -0.129. The summed E-state index contributed by atoms with van der Waals surface area (Å²) in [7, 11) is 0. The fourth-order valence-corrected chi connectivity index (χ4v) is 0.480. The predicted molar refractivity (Wildman–Crippen MR) is 35.9 cm³/mol. The molecule has 0 aliphatic rings. The van der Waals surface area contributed by atoms with Crippen LogP contribution in [0.15, 0.2) is 0 Å². The zero-order valence-corrected chi connectivity index (χ0v) is 5.71. The highest BCUT2D eigenvalue weighted by Crippen LogP contribution is 1.92. The largest absolute Gasteiger partial charge is 0.468 e. The van der Waals surface area contributed by atoms with Crippen molar-refractivity contribution >= 4 is 12.3 Å². The Kier molecular flexibility index (Phi) is 5.53. The number of carbonyl (C=O) groups excluding carboxylic acids is 2. The third-order valence-corrected chi connectivity index (χ3v) is 0.981. The monoisotopic (exact) mass is 142 g/mol. The minimum atomic E-state index is -0.0190. The smallest absolute Gasteiger partial charge is 0.293 e. The van der Waals surface area contributed by atoms with E-state index in [2.05, 4.69) is 11.7 Å². The van der Waals surface area contributed by atoms with Crippen LogP contribution in [0.25, 0.3) is 0 Å². The van der Waals surface area contributed by atoms with Crippen LogP contribution in [0.1, 0.15) is 12.8 Å². The zero-order chi connectivity index (χ0) is 7.82. The molecule has 0 spiro atoms. The standard InChI is InChI=1S/C7H10O3/c1-2-7(9)4-3-5-10-6-8/h2,6H,1,3-5H2. The Morgan fingerprint density at radius 2 is 2.40 bits per heavy atom. The van der Waals surface area contributed by atoms with Crippen LogP contribution in [-0.2, 0) is 14.3 Å². The highest BCUT2D eigenvalue weighted by molar-refractivity contribution is 5.87. The second-order valence-corrected chi connectivity index (χ2v) is 1.74. The molecule has 3 nitrogen and oxygen atoms in total. The molecule has 0 saturated carbocycles. The second-order valence-electron chi connectivity index (χ2n) is 1.74. The molecule has 0 atom stereocenters. The maximum atomic E-state index is 10.5. The first-order chi connectivity index (χ1) is 4.81. The van der Waals surface area contributed by atoms with E-state index in [9.17, 15) is 9.59 Å². The van der Waals surface area contributed by atoms with Crippen molar-refractivity contribution in [2.45, 2.75) is 12.8 Å².